The number of hydrogen-bond acceptors (Lipinski definition) is 8. The van der Waals surface area contributed by atoms with Gasteiger partial charge in [-0.1, -0.05) is 18.2 Å². The summed E-state index contributed by atoms with van der Waals surface area (Å²) in [5, 5.41) is 13.1. The Morgan fingerprint density at radius 2 is 1.83 bits per heavy atom. The molecule has 6 N–H and O–H groups in total. The van der Waals surface area contributed by atoms with Gasteiger partial charge in [0.25, 0.3) is 11.8 Å². The van der Waals surface area contributed by atoms with E-state index in [-0.39, 0.29) is 27.7 Å². The third kappa shape index (κ3) is 5.92. The van der Waals surface area contributed by atoms with Crippen molar-refractivity contribution in [1.29, 1.82) is 0 Å². The van der Waals surface area contributed by atoms with Gasteiger partial charge in [0.2, 0.25) is 5.91 Å². The number of amides is 3. The van der Waals surface area contributed by atoms with Crippen molar-refractivity contribution in [2.75, 3.05) is 17.2 Å². The molecule has 1 aromatic heterocycles. The van der Waals surface area contributed by atoms with Crippen molar-refractivity contribution in [3.8, 4) is 11.5 Å². The van der Waals surface area contributed by atoms with Crippen molar-refractivity contribution >= 4 is 40.6 Å². The number of anilines is 2. The predicted molar refractivity (Wildman–Crippen MR) is 138 cm³/mol. The Hall–Kier alpha value is -4.12. The predicted octanol–water partition coefficient (Wildman–Crippen LogP) is 3.23. The number of nitrogens with one attached hydrogen (secondary N) is 1. The summed E-state index contributed by atoms with van der Waals surface area (Å²) in [6, 6.07) is 11.5. The maximum Gasteiger partial charge on any atom is 0.273 e. The Bertz CT molecular complexity index is 1270. The molecule has 10 nitrogen and oxygen atoms in total. The molecule has 0 saturated carbocycles. The molecule has 0 saturated heterocycles. The first-order chi connectivity index (χ1) is 16.9. The summed E-state index contributed by atoms with van der Waals surface area (Å²) in [6.45, 7) is 7.78. The van der Waals surface area contributed by atoms with Gasteiger partial charge >= 0.3 is 0 Å². The molecule has 0 aliphatic rings. The number of phenolic OH excluding ortho intramolecular Hbond substituents is 1. The number of benzene rings is 2. The monoisotopic (exact) mass is 511 g/mol. The minimum Gasteiger partial charge on any atom is -0.508 e. The van der Waals surface area contributed by atoms with Crippen LogP contribution >= 0.6 is 11.5 Å². The van der Waals surface area contributed by atoms with Crippen LogP contribution < -0.4 is 26.4 Å². The largest absolute Gasteiger partial charge is 0.508 e. The lowest BCUT2D eigenvalue weighted by atomic mass is 10.00. The van der Waals surface area contributed by atoms with Crippen molar-refractivity contribution in [3.63, 3.8) is 0 Å². The van der Waals surface area contributed by atoms with E-state index in [2.05, 4.69) is 9.69 Å². The Labute approximate surface area is 213 Å². The minimum absolute atomic E-state index is 0.0633. The van der Waals surface area contributed by atoms with Gasteiger partial charge in [-0.25, -0.2) is 0 Å². The normalized spacial score (nSPS) is 12.0. The molecule has 0 aliphatic heterocycles. The number of primary amides is 1. The van der Waals surface area contributed by atoms with E-state index in [1.165, 1.54) is 17.0 Å². The molecule has 36 heavy (non-hydrogen) atoms. The fourth-order valence-corrected chi connectivity index (χ4v) is 4.28. The number of carbonyl (C=O) groups excluding carboxylic acids is 3. The van der Waals surface area contributed by atoms with Gasteiger partial charge in [-0.3, -0.25) is 19.3 Å². The zero-order valence-corrected chi connectivity index (χ0v) is 21.3. The van der Waals surface area contributed by atoms with E-state index in [1.807, 2.05) is 27.7 Å². The average Bonchev–Trinajstić information content (AvgIpc) is 3.18. The second-order valence-corrected chi connectivity index (χ2v) is 9.75. The Balaban J connectivity index is 2.22. The van der Waals surface area contributed by atoms with Gasteiger partial charge in [-0.05, 0) is 69.1 Å². The number of rotatable bonds is 8. The van der Waals surface area contributed by atoms with Crippen LogP contribution in [-0.2, 0) is 4.79 Å². The molecule has 190 valence electrons. The number of hydrogen-bond donors (Lipinski definition) is 4. The van der Waals surface area contributed by atoms with Gasteiger partial charge in [0.1, 0.15) is 22.4 Å². The molecule has 0 spiro atoms. The lowest BCUT2D eigenvalue weighted by Gasteiger charge is -2.33. The lowest BCUT2D eigenvalue weighted by Crippen LogP contribution is -2.49. The lowest BCUT2D eigenvalue weighted by molar-refractivity contribution is -0.123. The first-order valence-electron chi connectivity index (χ1n) is 11.1. The van der Waals surface area contributed by atoms with Gasteiger partial charge in [-0.2, -0.15) is 4.37 Å². The number of carbonyl (C=O) groups is 3. The molecular weight excluding hydrogens is 482 g/mol. The van der Waals surface area contributed by atoms with Crippen molar-refractivity contribution in [1.82, 2.24) is 9.69 Å². The zero-order valence-electron chi connectivity index (χ0n) is 20.4. The molecule has 1 unspecified atom stereocenters. The molecule has 1 atom stereocenters. The summed E-state index contributed by atoms with van der Waals surface area (Å²) in [5.41, 5.74) is 11.1. The van der Waals surface area contributed by atoms with Gasteiger partial charge in [0.05, 0.1) is 12.3 Å². The molecule has 11 heteroatoms. The Morgan fingerprint density at radius 3 is 2.36 bits per heavy atom. The standard InChI is InChI=1S/C25H29N5O5S/c1-5-35-17-11-9-14(10-12-17)20(23(33)28-25(2,3)4)30(15-7-6-8-16(31)13-15)24(34)21-18(26)19(22(27)32)29-36-21/h6-13,20,31H,5,26H2,1-4H3,(H2,27,32)(H,28,33). The highest BCUT2D eigenvalue weighted by Gasteiger charge is 2.37. The smallest absolute Gasteiger partial charge is 0.273 e. The topological polar surface area (TPSA) is 161 Å². The Morgan fingerprint density at radius 1 is 1.17 bits per heavy atom. The van der Waals surface area contributed by atoms with E-state index in [1.54, 1.807) is 36.4 Å². The fourth-order valence-electron chi connectivity index (χ4n) is 3.53. The van der Waals surface area contributed by atoms with Crippen LogP contribution in [0.4, 0.5) is 11.4 Å². The molecule has 3 amide bonds. The molecule has 0 fully saturated rings. The molecule has 0 aliphatic carbocycles. The van der Waals surface area contributed by atoms with Crippen LogP contribution in [0, 0.1) is 0 Å². The molecular formula is C25H29N5O5S. The fraction of sp³-hybridized carbons (Fsp3) is 0.280. The van der Waals surface area contributed by atoms with Gasteiger partial charge in [0, 0.05) is 17.3 Å². The first kappa shape index (κ1) is 26.5. The van der Waals surface area contributed by atoms with E-state index < -0.39 is 29.3 Å². The van der Waals surface area contributed by atoms with Gasteiger partial charge in [0.15, 0.2) is 5.69 Å². The highest BCUT2D eigenvalue weighted by atomic mass is 32.1. The van der Waals surface area contributed by atoms with Crippen LogP contribution in [-0.4, -0.2) is 39.3 Å². The van der Waals surface area contributed by atoms with Crippen LogP contribution in [0.3, 0.4) is 0 Å². The van der Waals surface area contributed by atoms with E-state index in [0.29, 0.717) is 29.5 Å². The molecule has 1 heterocycles. The highest BCUT2D eigenvalue weighted by Crippen LogP contribution is 2.35. The van der Waals surface area contributed by atoms with Gasteiger partial charge < -0.3 is 26.6 Å². The van der Waals surface area contributed by atoms with Crippen LogP contribution in [0.25, 0.3) is 0 Å². The van der Waals surface area contributed by atoms with E-state index >= 15 is 0 Å². The Kier molecular flexibility index (Phi) is 7.83. The average molecular weight is 512 g/mol. The van der Waals surface area contributed by atoms with Crippen LogP contribution in [0.2, 0.25) is 0 Å². The molecule has 2 aromatic carbocycles. The summed E-state index contributed by atoms with van der Waals surface area (Å²) >= 11 is 0.705. The second kappa shape index (κ2) is 10.6. The summed E-state index contributed by atoms with van der Waals surface area (Å²) in [4.78, 5) is 40.5. The summed E-state index contributed by atoms with van der Waals surface area (Å²) in [6.07, 6.45) is 0. The maximum absolute atomic E-state index is 13.9. The highest BCUT2D eigenvalue weighted by molar-refractivity contribution is 7.09. The summed E-state index contributed by atoms with van der Waals surface area (Å²) < 4.78 is 9.45. The summed E-state index contributed by atoms with van der Waals surface area (Å²) in [5.74, 6) is -1.54. The number of aromatic hydroxyl groups is 1. The number of ether oxygens (including phenoxy) is 1. The summed E-state index contributed by atoms with van der Waals surface area (Å²) in [7, 11) is 0. The van der Waals surface area contributed by atoms with Crippen molar-refractivity contribution in [2.24, 2.45) is 5.73 Å². The quantitative estimate of drug-likeness (QED) is 0.361. The molecule has 3 rings (SSSR count). The number of aromatic nitrogens is 1. The van der Waals surface area contributed by atoms with Crippen molar-refractivity contribution in [2.45, 2.75) is 39.3 Å². The van der Waals surface area contributed by atoms with Crippen LogP contribution in [0.15, 0.2) is 48.5 Å². The van der Waals surface area contributed by atoms with Crippen molar-refractivity contribution < 1.29 is 24.2 Å². The maximum atomic E-state index is 13.9. The third-order valence-corrected chi connectivity index (χ3v) is 5.84. The number of nitrogens with two attached hydrogens (primary N) is 2. The number of nitrogen functional groups attached to an aromatic ring is 1. The minimum atomic E-state index is -1.17. The second-order valence-electron chi connectivity index (χ2n) is 8.98. The number of phenols is 1. The molecule has 0 bridgehead atoms. The van der Waals surface area contributed by atoms with E-state index in [9.17, 15) is 19.5 Å². The first-order valence-corrected chi connectivity index (χ1v) is 11.9. The van der Waals surface area contributed by atoms with Crippen LogP contribution in [0.5, 0.6) is 11.5 Å². The van der Waals surface area contributed by atoms with Crippen LogP contribution in [0.1, 0.15) is 59.5 Å². The molecule has 0 radical (unpaired) electrons. The van der Waals surface area contributed by atoms with E-state index in [0.717, 1.165) is 0 Å². The number of nitrogens with zero attached hydrogens (tertiary/aromatic N) is 2. The zero-order chi connectivity index (χ0) is 26.6. The SMILES string of the molecule is CCOc1ccc(C(C(=O)NC(C)(C)C)N(C(=O)c2snc(C(N)=O)c2N)c2cccc(O)c2)cc1. The van der Waals surface area contributed by atoms with E-state index in [4.69, 9.17) is 16.2 Å². The van der Waals surface area contributed by atoms with Gasteiger partial charge in [-0.15, -0.1) is 0 Å². The molecule has 3 aromatic rings. The van der Waals surface area contributed by atoms with Crippen molar-refractivity contribution in [3.05, 3.63) is 64.7 Å². The third-order valence-electron chi connectivity index (χ3n) is 4.99.